The van der Waals surface area contributed by atoms with Crippen molar-refractivity contribution in [2.24, 2.45) is 10.9 Å². The summed E-state index contributed by atoms with van der Waals surface area (Å²) in [5.41, 5.74) is 2.19. The Labute approximate surface area is 159 Å². The van der Waals surface area contributed by atoms with Crippen LogP contribution in [0.5, 0.6) is 0 Å². The van der Waals surface area contributed by atoms with Crippen LogP contribution >= 0.6 is 11.6 Å². The van der Waals surface area contributed by atoms with E-state index in [2.05, 4.69) is 20.1 Å². The summed E-state index contributed by atoms with van der Waals surface area (Å²) in [5.74, 6) is 5.17. The molecule has 1 aliphatic rings. The van der Waals surface area contributed by atoms with Gasteiger partial charge in [0.15, 0.2) is 11.7 Å². The molecule has 3 heterocycles. The highest BCUT2D eigenvalue weighted by Crippen LogP contribution is 2.37. The monoisotopic (exact) mass is 390 g/mol. The Morgan fingerprint density at radius 1 is 1.26 bits per heavy atom. The summed E-state index contributed by atoms with van der Waals surface area (Å²) in [6.07, 6.45) is -0.718. The standard InChI is InChI=1S/C17H19ClN6O3/c1-8(9-2-4-10(18)5-3-9)14-12(25)13(26)17(27-14)24-7-22-11-15(23-19)20-6-21-16(11)24/h2-8,12-14,17,25-26H,19H2,1H3,(H,20,21,23)/t8?,12-,13+,14+,17+/m0/s1. The number of nitrogens with two attached hydrogens (primary N) is 1. The molecular weight excluding hydrogens is 372 g/mol. The van der Waals surface area contributed by atoms with E-state index >= 15 is 0 Å². The van der Waals surface area contributed by atoms with Crippen molar-refractivity contribution in [2.45, 2.75) is 37.4 Å². The molecule has 142 valence electrons. The molecule has 2 aromatic heterocycles. The van der Waals surface area contributed by atoms with Crippen LogP contribution in [0.1, 0.15) is 24.6 Å². The maximum atomic E-state index is 10.6. The number of fused-ring (bicyclic) bond motifs is 1. The average molecular weight is 391 g/mol. The first-order chi connectivity index (χ1) is 13.0. The fourth-order valence-corrected chi connectivity index (χ4v) is 3.58. The summed E-state index contributed by atoms with van der Waals surface area (Å²) in [6, 6.07) is 7.32. The molecule has 1 unspecified atom stereocenters. The van der Waals surface area contributed by atoms with Gasteiger partial charge in [0.25, 0.3) is 0 Å². The van der Waals surface area contributed by atoms with Gasteiger partial charge in [-0.25, -0.2) is 9.97 Å². The summed E-state index contributed by atoms with van der Waals surface area (Å²) in [5, 5.41) is 25.4. The average Bonchev–Trinajstić information content (AvgIpc) is 3.23. The first-order valence-corrected chi connectivity index (χ1v) is 8.80. The zero-order chi connectivity index (χ0) is 19.1. The largest absolute Gasteiger partial charge is 0.387 e. The first-order valence-electron chi connectivity index (χ1n) is 8.42. The maximum Gasteiger partial charge on any atom is 0.202 e. The Balaban J connectivity index is 1.67. The van der Waals surface area contributed by atoms with E-state index in [0.29, 0.717) is 16.2 Å². The van der Waals surface area contributed by atoms with E-state index in [1.54, 1.807) is 16.7 Å². The van der Waals surface area contributed by atoms with E-state index < -0.39 is 24.5 Å². The molecule has 5 N–H and O–H groups in total. The molecule has 0 amide bonds. The minimum absolute atomic E-state index is 0.160. The third kappa shape index (κ3) is 2.98. The lowest BCUT2D eigenvalue weighted by molar-refractivity contribution is -0.0412. The molecule has 3 aromatic rings. The van der Waals surface area contributed by atoms with Crippen LogP contribution < -0.4 is 11.3 Å². The van der Waals surface area contributed by atoms with Gasteiger partial charge in [0, 0.05) is 10.9 Å². The fourth-order valence-electron chi connectivity index (χ4n) is 3.46. The van der Waals surface area contributed by atoms with Gasteiger partial charge in [-0.05, 0) is 17.7 Å². The lowest BCUT2D eigenvalue weighted by Crippen LogP contribution is -2.34. The second kappa shape index (κ2) is 6.93. The molecule has 1 aromatic carbocycles. The van der Waals surface area contributed by atoms with Crippen molar-refractivity contribution < 1.29 is 14.9 Å². The maximum absolute atomic E-state index is 10.6. The van der Waals surface area contributed by atoms with E-state index in [9.17, 15) is 10.2 Å². The van der Waals surface area contributed by atoms with Gasteiger partial charge >= 0.3 is 0 Å². The van der Waals surface area contributed by atoms with E-state index in [0.717, 1.165) is 5.56 Å². The van der Waals surface area contributed by atoms with Crippen molar-refractivity contribution >= 4 is 22.8 Å². The van der Waals surface area contributed by atoms with Crippen LogP contribution in [-0.4, -0.2) is 48.0 Å². The van der Waals surface area contributed by atoms with E-state index in [1.165, 1.54) is 12.7 Å². The molecule has 0 aliphatic carbocycles. The van der Waals surface area contributed by atoms with E-state index in [4.69, 9.17) is 22.2 Å². The number of halogens is 1. The Bertz CT molecular complexity index is 1020. The molecule has 0 bridgehead atoms. The highest BCUT2D eigenvalue weighted by atomic mass is 35.5. The number of aromatic nitrogens is 4. The van der Waals surface area contributed by atoms with Crippen LogP contribution in [-0.2, 0) is 4.74 Å². The van der Waals surface area contributed by atoms with Crippen LogP contribution in [0, 0.1) is 0 Å². The van der Waals surface area contributed by atoms with Crippen molar-refractivity contribution in [1.29, 1.82) is 0 Å². The predicted molar refractivity (Wildman–Crippen MR) is 97.4 cm³/mol. The van der Waals surface area contributed by atoms with Gasteiger partial charge in [-0.15, -0.1) is 0 Å². The fraction of sp³-hybridized carbons (Fsp3) is 0.353. The number of H-pyrrole nitrogens is 1. The number of hydrogen-bond acceptors (Lipinski definition) is 7. The zero-order valence-electron chi connectivity index (χ0n) is 14.4. The highest BCUT2D eigenvalue weighted by Gasteiger charge is 2.46. The number of hydrogen-bond donors (Lipinski definition) is 4. The van der Waals surface area contributed by atoms with Gasteiger partial charge in [-0.1, -0.05) is 30.7 Å². The molecule has 27 heavy (non-hydrogen) atoms. The number of imidazole rings is 1. The molecule has 1 saturated heterocycles. The number of aliphatic hydroxyl groups excluding tert-OH is 2. The molecule has 0 spiro atoms. The molecule has 10 heteroatoms. The minimum atomic E-state index is -1.14. The normalized spacial score (nSPS) is 27.3. The van der Waals surface area contributed by atoms with Crippen LogP contribution in [0.4, 0.5) is 0 Å². The Morgan fingerprint density at radius 3 is 2.70 bits per heavy atom. The van der Waals surface area contributed by atoms with Gasteiger partial charge in [-0.2, -0.15) is 5.10 Å². The second-order valence-electron chi connectivity index (χ2n) is 6.52. The van der Waals surface area contributed by atoms with Crippen molar-refractivity contribution in [3.05, 3.63) is 53.0 Å². The number of rotatable bonds is 3. The smallest absolute Gasteiger partial charge is 0.202 e. The highest BCUT2D eigenvalue weighted by molar-refractivity contribution is 6.30. The molecule has 4 rings (SSSR count). The van der Waals surface area contributed by atoms with Crippen LogP contribution in [0.2, 0.25) is 5.02 Å². The van der Waals surface area contributed by atoms with E-state index in [1.807, 2.05) is 19.1 Å². The summed E-state index contributed by atoms with van der Waals surface area (Å²) in [4.78, 5) is 11.2. The van der Waals surface area contributed by atoms with Crippen molar-refractivity contribution in [1.82, 2.24) is 19.5 Å². The number of nitrogens with zero attached hydrogens (tertiary/aromatic N) is 4. The summed E-state index contributed by atoms with van der Waals surface area (Å²) in [6.45, 7) is 1.93. The van der Waals surface area contributed by atoms with E-state index in [-0.39, 0.29) is 11.4 Å². The zero-order valence-corrected chi connectivity index (χ0v) is 15.2. The third-order valence-electron chi connectivity index (χ3n) is 4.95. The molecular formula is C17H19ClN6O3. The second-order valence-corrected chi connectivity index (χ2v) is 6.95. The number of aromatic amines is 1. The van der Waals surface area contributed by atoms with Gasteiger partial charge in [0.2, 0.25) is 5.49 Å². The predicted octanol–water partition coefficient (Wildman–Crippen LogP) is 0.610. The van der Waals surface area contributed by atoms with Crippen LogP contribution in [0.25, 0.3) is 11.2 Å². The Hall–Kier alpha value is -2.46. The molecule has 5 atom stereocenters. The van der Waals surface area contributed by atoms with Gasteiger partial charge in [0.05, 0.1) is 18.8 Å². The minimum Gasteiger partial charge on any atom is -0.387 e. The quantitative estimate of drug-likeness (QED) is 0.382. The molecule has 1 aliphatic heterocycles. The Kier molecular flexibility index (Phi) is 4.60. The molecule has 1 fully saturated rings. The third-order valence-corrected chi connectivity index (χ3v) is 5.21. The van der Waals surface area contributed by atoms with Crippen molar-refractivity contribution in [3.63, 3.8) is 0 Å². The SMILES string of the molecule is CC(c1ccc(Cl)cc1)[C@H]1O[C@@H](n2cnc3c(=NN)nc[nH]c32)[C@H](O)[C@@H]1O. The number of aliphatic hydroxyl groups is 2. The number of ether oxygens (including phenoxy) is 1. The topological polar surface area (TPSA) is 135 Å². The number of benzene rings is 1. The van der Waals surface area contributed by atoms with Gasteiger partial charge in [0.1, 0.15) is 17.9 Å². The lowest BCUT2D eigenvalue weighted by Gasteiger charge is -2.22. The van der Waals surface area contributed by atoms with Crippen LogP contribution in [0.15, 0.2) is 42.0 Å². The Morgan fingerprint density at radius 2 is 2.00 bits per heavy atom. The summed E-state index contributed by atoms with van der Waals surface area (Å²) >= 11 is 5.94. The summed E-state index contributed by atoms with van der Waals surface area (Å²) in [7, 11) is 0. The summed E-state index contributed by atoms with van der Waals surface area (Å²) < 4.78 is 7.65. The van der Waals surface area contributed by atoms with Gasteiger partial charge < -0.3 is 25.8 Å². The lowest BCUT2D eigenvalue weighted by atomic mass is 9.91. The van der Waals surface area contributed by atoms with Crippen LogP contribution in [0.3, 0.4) is 0 Å². The van der Waals surface area contributed by atoms with Crippen molar-refractivity contribution in [3.8, 4) is 0 Å². The first kappa shape index (κ1) is 17.9. The molecule has 0 saturated carbocycles. The molecule has 0 radical (unpaired) electrons. The molecule has 9 nitrogen and oxygen atoms in total. The number of nitrogens with one attached hydrogen (secondary N) is 1. The van der Waals surface area contributed by atoms with Gasteiger partial charge in [-0.3, -0.25) is 4.57 Å². The van der Waals surface area contributed by atoms with Crippen molar-refractivity contribution in [2.75, 3.05) is 0 Å².